The van der Waals surface area contributed by atoms with Crippen molar-refractivity contribution in [3.8, 4) is 0 Å². The van der Waals surface area contributed by atoms with Gasteiger partial charge in [-0.2, -0.15) is 0 Å². The summed E-state index contributed by atoms with van der Waals surface area (Å²) in [6.45, 7) is 1.77. The zero-order valence-electron chi connectivity index (χ0n) is 9.54. The molecule has 0 aliphatic heterocycles. The normalized spacial score (nSPS) is 14.7. The number of nitrogens with zero attached hydrogens (tertiary/aromatic N) is 1. The molecule has 0 amide bonds. The largest absolute Gasteiger partial charge is 0.347 e. The summed E-state index contributed by atoms with van der Waals surface area (Å²) in [5.74, 6) is 0.463. The van der Waals surface area contributed by atoms with Crippen LogP contribution in [0.4, 0.5) is 0 Å². The lowest BCUT2D eigenvalue weighted by atomic mass is 10.2. The van der Waals surface area contributed by atoms with Gasteiger partial charge < -0.3 is 4.98 Å². The lowest BCUT2D eigenvalue weighted by Gasteiger charge is -2.14. The third-order valence-electron chi connectivity index (χ3n) is 1.95. The first-order valence-corrected chi connectivity index (χ1v) is 8.62. The van der Waals surface area contributed by atoms with Crippen molar-refractivity contribution in [1.82, 2.24) is 14.7 Å². The Kier molecular flexibility index (Phi) is 4.28. The van der Waals surface area contributed by atoms with Crippen LogP contribution in [0, 0.1) is 0 Å². The van der Waals surface area contributed by atoms with Crippen LogP contribution in [0.15, 0.2) is 12.4 Å². The molecule has 1 aromatic rings. The summed E-state index contributed by atoms with van der Waals surface area (Å²) in [6, 6.07) is -0.545. The van der Waals surface area contributed by atoms with E-state index in [1.807, 2.05) is 0 Å². The SMILES string of the molecule is CCC(NS(=O)(=O)CS(C)(=O)=O)c1ncc[nH]1. The molecule has 0 fully saturated rings. The number of sulfone groups is 1. The number of imidazole rings is 1. The second-order valence-electron chi connectivity index (χ2n) is 3.71. The van der Waals surface area contributed by atoms with Gasteiger partial charge in [0.15, 0.2) is 14.9 Å². The van der Waals surface area contributed by atoms with Crippen molar-refractivity contribution in [2.75, 3.05) is 11.3 Å². The molecule has 0 saturated heterocycles. The Morgan fingerprint density at radius 3 is 2.47 bits per heavy atom. The molecule has 0 spiro atoms. The van der Waals surface area contributed by atoms with E-state index in [2.05, 4.69) is 14.7 Å². The predicted octanol–water partition coefficient (Wildman–Crippen LogP) is -0.218. The molecule has 1 unspecified atom stereocenters. The molecular weight excluding hydrogens is 266 g/mol. The van der Waals surface area contributed by atoms with Crippen molar-refractivity contribution in [2.24, 2.45) is 0 Å². The molecule has 1 atom stereocenters. The maximum Gasteiger partial charge on any atom is 0.226 e. The number of aromatic amines is 1. The molecule has 1 heterocycles. The number of hydrogen-bond donors (Lipinski definition) is 2. The van der Waals surface area contributed by atoms with Crippen LogP contribution in [0.3, 0.4) is 0 Å². The Hall–Kier alpha value is -0.930. The molecule has 0 aliphatic rings. The van der Waals surface area contributed by atoms with Crippen LogP contribution in [0.5, 0.6) is 0 Å². The third-order valence-corrected chi connectivity index (χ3v) is 5.55. The van der Waals surface area contributed by atoms with Crippen LogP contribution >= 0.6 is 0 Å². The zero-order chi connectivity index (χ0) is 13.1. The Morgan fingerprint density at radius 2 is 2.06 bits per heavy atom. The molecular formula is C8H15N3O4S2. The van der Waals surface area contributed by atoms with Crippen LogP contribution in [-0.4, -0.2) is 38.1 Å². The molecule has 2 N–H and O–H groups in total. The highest BCUT2D eigenvalue weighted by Gasteiger charge is 2.23. The molecule has 1 rings (SSSR count). The smallest absolute Gasteiger partial charge is 0.226 e. The fourth-order valence-corrected chi connectivity index (χ4v) is 4.57. The minimum atomic E-state index is -3.87. The second-order valence-corrected chi connectivity index (χ2v) is 7.97. The van der Waals surface area contributed by atoms with Crippen molar-refractivity contribution in [3.63, 3.8) is 0 Å². The minimum absolute atomic E-state index is 0.463. The van der Waals surface area contributed by atoms with Gasteiger partial charge in [-0.1, -0.05) is 6.92 Å². The maximum absolute atomic E-state index is 11.6. The monoisotopic (exact) mass is 281 g/mol. The van der Waals surface area contributed by atoms with E-state index in [0.717, 1.165) is 6.26 Å². The number of H-pyrrole nitrogens is 1. The Balaban J connectivity index is 2.82. The van der Waals surface area contributed by atoms with Crippen LogP contribution in [-0.2, 0) is 19.9 Å². The summed E-state index contributed by atoms with van der Waals surface area (Å²) in [5, 5.41) is -0.919. The van der Waals surface area contributed by atoms with Crippen LogP contribution in [0.1, 0.15) is 25.2 Å². The van der Waals surface area contributed by atoms with Gasteiger partial charge in [0.2, 0.25) is 10.0 Å². The first kappa shape index (κ1) is 14.1. The summed E-state index contributed by atoms with van der Waals surface area (Å²) >= 11 is 0. The van der Waals surface area contributed by atoms with Crippen LogP contribution in [0.2, 0.25) is 0 Å². The molecule has 0 saturated carbocycles. The number of nitrogens with one attached hydrogen (secondary N) is 2. The van der Waals surface area contributed by atoms with Crippen molar-refractivity contribution < 1.29 is 16.8 Å². The van der Waals surface area contributed by atoms with Gasteiger partial charge in [0.25, 0.3) is 0 Å². The number of rotatable bonds is 6. The van der Waals surface area contributed by atoms with Gasteiger partial charge in [0, 0.05) is 18.6 Å². The molecule has 7 nitrogen and oxygen atoms in total. The van der Waals surface area contributed by atoms with Gasteiger partial charge >= 0.3 is 0 Å². The maximum atomic E-state index is 11.6. The van der Waals surface area contributed by atoms with E-state index >= 15 is 0 Å². The van der Waals surface area contributed by atoms with Gasteiger partial charge in [-0.15, -0.1) is 0 Å². The average molecular weight is 281 g/mol. The quantitative estimate of drug-likeness (QED) is 0.749. The predicted molar refractivity (Wildman–Crippen MR) is 63.4 cm³/mol. The van der Waals surface area contributed by atoms with E-state index in [1.54, 1.807) is 13.1 Å². The van der Waals surface area contributed by atoms with Gasteiger partial charge in [-0.3, -0.25) is 0 Å². The Labute approximate surface area is 101 Å². The third kappa shape index (κ3) is 4.84. The number of sulfonamides is 1. The molecule has 17 heavy (non-hydrogen) atoms. The Bertz CT molecular complexity index is 548. The molecule has 0 radical (unpaired) electrons. The highest BCUT2D eigenvalue weighted by atomic mass is 32.3. The van der Waals surface area contributed by atoms with Crippen molar-refractivity contribution in [2.45, 2.75) is 19.4 Å². The van der Waals surface area contributed by atoms with E-state index in [0.29, 0.717) is 12.2 Å². The van der Waals surface area contributed by atoms with Crippen molar-refractivity contribution >= 4 is 19.9 Å². The van der Waals surface area contributed by atoms with Gasteiger partial charge in [0.1, 0.15) is 5.82 Å². The summed E-state index contributed by atoms with van der Waals surface area (Å²) in [7, 11) is -7.46. The standard InChI is InChI=1S/C8H15N3O4S2/c1-3-7(8-9-4-5-10-8)11-17(14,15)6-16(2,12)13/h4-5,7,11H,3,6H2,1-2H3,(H,9,10). The highest BCUT2D eigenvalue weighted by molar-refractivity contribution is 8.06. The lowest BCUT2D eigenvalue weighted by molar-refractivity contribution is 0.541. The van der Waals surface area contributed by atoms with Crippen molar-refractivity contribution in [3.05, 3.63) is 18.2 Å². The summed E-state index contributed by atoms with van der Waals surface area (Å²) < 4.78 is 47.4. The first-order chi connectivity index (χ1) is 7.73. The Morgan fingerprint density at radius 1 is 1.41 bits per heavy atom. The molecule has 0 bridgehead atoms. The van der Waals surface area contributed by atoms with Gasteiger partial charge in [-0.25, -0.2) is 26.5 Å². The van der Waals surface area contributed by atoms with Crippen LogP contribution < -0.4 is 4.72 Å². The van der Waals surface area contributed by atoms with Crippen molar-refractivity contribution in [1.29, 1.82) is 0 Å². The summed E-state index contributed by atoms with van der Waals surface area (Å²) in [5.41, 5.74) is 0. The molecule has 0 aromatic carbocycles. The zero-order valence-corrected chi connectivity index (χ0v) is 11.2. The highest BCUT2D eigenvalue weighted by Crippen LogP contribution is 2.13. The number of aromatic nitrogens is 2. The lowest BCUT2D eigenvalue weighted by Crippen LogP contribution is -2.33. The van der Waals surface area contributed by atoms with E-state index in [4.69, 9.17) is 0 Å². The van der Waals surface area contributed by atoms with E-state index in [1.165, 1.54) is 6.20 Å². The first-order valence-electron chi connectivity index (χ1n) is 4.90. The number of hydrogen-bond acceptors (Lipinski definition) is 5. The fraction of sp³-hybridized carbons (Fsp3) is 0.625. The van der Waals surface area contributed by atoms with E-state index in [9.17, 15) is 16.8 Å². The molecule has 9 heteroatoms. The van der Waals surface area contributed by atoms with Gasteiger partial charge in [0.05, 0.1) is 6.04 Å². The molecule has 0 aliphatic carbocycles. The van der Waals surface area contributed by atoms with Crippen LogP contribution in [0.25, 0.3) is 0 Å². The second kappa shape index (κ2) is 5.15. The average Bonchev–Trinajstić information content (AvgIpc) is 2.62. The van der Waals surface area contributed by atoms with E-state index in [-0.39, 0.29) is 0 Å². The molecule has 98 valence electrons. The van der Waals surface area contributed by atoms with Gasteiger partial charge in [-0.05, 0) is 6.42 Å². The topological polar surface area (TPSA) is 109 Å². The minimum Gasteiger partial charge on any atom is -0.347 e. The summed E-state index contributed by atoms with van der Waals surface area (Å²) in [4.78, 5) is 6.72. The van der Waals surface area contributed by atoms with E-state index < -0.39 is 31.0 Å². The molecule has 1 aromatic heterocycles. The summed E-state index contributed by atoms with van der Waals surface area (Å²) in [6.07, 6.45) is 4.42. The fourth-order valence-electron chi connectivity index (χ4n) is 1.33.